The average molecular weight is 1120 g/mol. The molecule has 5 amide bonds. The van der Waals surface area contributed by atoms with Crippen molar-refractivity contribution < 1.29 is 38.3 Å². The number of piperidine rings is 1. The van der Waals surface area contributed by atoms with Gasteiger partial charge in [0.05, 0.1) is 69.2 Å². The van der Waals surface area contributed by atoms with E-state index in [4.69, 9.17) is 48.9 Å². The maximum absolute atomic E-state index is 15.3. The lowest BCUT2D eigenvalue weighted by Gasteiger charge is -2.36. The molecular weight excluding hydrogens is 1050 g/mol. The molecule has 11 rings (SSSR count). The Bertz CT molecular complexity index is 3110. The van der Waals surface area contributed by atoms with Gasteiger partial charge in [-0.15, -0.1) is 0 Å². The fourth-order valence-corrected chi connectivity index (χ4v) is 10.2. The Morgan fingerprint density at radius 2 is 0.829 bits per heavy atom. The Labute approximate surface area is 473 Å². The number of hydrazine groups is 1. The second kappa shape index (κ2) is 25.4. The smallest absolute Gasteiger partial charge is 0.345 e. The Morgan fingerprint density at radius 1 is 0.488 bits per heavy atom. The van der Waals surface area contributed by atoms with E-state index in [2.05, 4.69) is 35.1 Å². The lowest BCUT2D eigenvalue weighted by Crippen LogP contribution is -2.54. The van der Waals surface area contributed by atoms with Crippen LogP contribution in [0.5, 0.6) is 0 Å². The Kier molecular flexibility index (Phi) is 17.1. The Morgan fingerprint density at radius 3 is 1.18 bits per heavy atom. The van der Waals surface area contributed by atoms with Crippen LogP contribution in [0.1, 0.15) is 23.2 Å². The van der Waals surface area contributed by atoms with E-state index in [1.807, 2.05) is 19.0 Å². The summed E-state index contributed by atoms with van der Waals surface area (Å²) in [6.45, 7) is 10.4. The molecule has 0 bridgehead atoms. The van der Waals surface area contributed by atoms with Gasteiger partial charge in [0.15, 0.2) is 11.6 Å². The molecule has 7 heterocycles. The molecule has 0 aliphatic carbocycles. The van der Waals surface area contributed by atoms with Crippen molar-refractivity contribution in [3.63, 3.8) is 0 Å². The average Bonchev–Trinajstić information content (AvgIpc) is 3.62. The van der Waals surface area contributed by atoms with E-state index >= 15 is 9.59 Å². The van der Waals surface area contributed by atoms with Gasteiger partial charge in [-0.05, 0) is 112 Å². The highest BCUT2D eigenvalue weighted by Gasteiger charge is 2.33. The summed E-state index contributed by atoms with van der Waals surface area (Å²) >= 11 is 0. The third kappa shape index (κ3) is 12.9. The number of benzene rings is 4. The lowest BCUT2D eigenvalue weighted by atomic mass is 10.0. The molecular formula is C56H65N17O9. The SMILES string of the molecule is CN(C)C1CCN(C(=O)c2ccc(N(C(=O)Nc3ccc(-c4nc(N5CCOCC5)nc(N5CCOCC5)n4)cc3)N(C(=O)Nc3ccc([N+](=O)[O-])cc3)c3ccc(-c4nc(N5CCOCC5)nc(N5CCOCC5)n4)cc3)cc2)CC1. The number of ether oxygens (including phenoxy) is 4. The zero-order valence-electron chi connectivity index (χ0n) is 45.8. The van der Waals surface area contributed by atoms with Crippen LogP contribution in [-0.4, -0.2) is 201 Å². The number of hydrogen-bond acceptors (Lipinski definition) is 20. The number of carbonyl (C=O) groups excluding carboxylic acids is 3. The van der Waals surface area contributed by atoms with Crippen LogP contribution in [0.4, 0.5) is 61.8 Å². The molecule has 5 aliphatic heterocycles. The highest BCUT2D eigenvalue weighted by molar-refractivity contribution is 6.13. The monoisotopic (exact) mass is 1120 g/mol. The summed E-state index contributed by atoms with van der Waals surface area (Å²) in [5, 5.41) is 19.8. The second-order valence-electron chi connectivity index (χ2n) is 20.4. The van der Waals surface area contributed by atoms with Crippen molar-refractivity contribution in [2.75, 3.05) is 173 Å². The first-order chi connectivity index (χ1) is 40.0. The predicted octanol–water partition coefficient (Wildman–Crippen LogP) is 5.50. The lowest BCUT2D eigenvalue weighted by molar-refractivity contribution is -0.384. The van der Waals surface area contributed by atoms with Crippen molar-refractivity contribution in [1.29, 1.82) is 0 Å². The van der Waals surface area contributed by atoms with Crippen molar-refractivity contribution in [3.05, 3.63) is 113 Å². The van der Waals surface area contributed by atoms with Crippen molar-refractivity contribution in [2.45, 2.75) is 18.9 Å². The summed E-state index contributed by atoms with van der Waals surface area (Å²) in [6.07, 6.45) is 1.67. The van der Waals surface area contributed by atoms with Crippen molar-refractivity contribution in [2.24, 2.45) is 0 Å². The summed E-state index contributed by atoms with van der Waals surface area (Å²) < 4.78 is 22.5. The number of carbonyl (C=O) groups is 3. The van der Waals surface area contributed by atoms with E-state index in [0.29, 0.717) is 182 Å². The molecule has 5 aliphatic rings. The van der Waals surface area contributed by atoms with Crippen molar-refractivity contribution in [1.82, 2.24) is 39.7 Å². The normalized spacial score (nSPS) is 17.1. The van der Waals surface area contributed by atoms with Gasteiger partial charge in [-0.3, -0.25) is 14.9 Å². The number of rotatable bonds is 13. The van der Waals surface area contributed by atoms with Crippen LogP contribution in [0.15, 0.2) is 97.1 Å². The molecule has 428 valence electrons. The summed E-state index contributed by atoms with van der Waals surface area (Å²) in [5.74, 6) is 2.76. The maximum Gasteiger partial charge on any atom is 0.345 e. The van der Waals surface area contributed by atoms with E-state index < -0.39 is 17.0 Å². The largest absolute Gasteiger partial charge is 0.378 e. The number of aromatic nitrogens is 6. The second-order valence-corrected chi connectivity index (χ2v) is 20.4. The molecule has 5 saturated heterocycles. The predicted molar refractivity (Wildman–Crippen MR) is 308 cm³/mol. The minimum absolute atomic E-state index is 0.151. The van der Waals surface area contributed by atoms with Gasteiger partial charge in [0.25, 0.3) is 11.6 Å². The number of non-ortho nitro benzene ring substituents is 1. The first kappa shape index (κ1) is 55.2. The molecule has 4 aromatic carbocycles. The molecule has 26 heteroatoms. The zero-order valence-corrected chi connectivity index (χ0v) is 45.8. The van der Waals surface area contributed by atoms with E-state index in [1.54, 1.807) is 72.8 Å². The maximum atomic E-state index is 15.3. The third-order valence-electron chi connectivity index (χ3n) is 14.9. The number of amides is 5. The van der Waals surface area contributed by atoms with E-state index in [9.17, 15) is 14.9 Å². The molecule has 0 spiro atoms. The standard InChI is InChI=1S/C56H65N17O9/c1-65(2)44-19-21-66(22-20-44)50(74)41-7-15-46(16-8-41)72(55(75)57-42-9-3-39(4-10-42)48-59-51(67-23-31-79-32-24-67)63-52(60-48)68-25-33-80-34-26-68)71(56(76)58-43-11-17-47(18-12-43)73(77)78)45-13-5-40(6-14-45)49-61-53(69-27-35-81-36-28-69)64-54(62-49)70-29-37-82-38-30-70/h3-18,44H,19-38H2,1-2H3,(H,57,75)(H,58,76). The number of nitro groups is 1. The number of nitrogens with one attached hydrogen (secondary N) is 2. The fourth-order valence-electron chi connectivity index (χ4n) is 10.2. The van der Waals surface area contributed by atoms with Gasteiger partial charge in [0, 0.05) is 112 Å². The number of nitrogens with zero attached hydrogens (tertiary/aromatic N) is 15. The molecule has 26 nitrogen and oxygen atoms in total. The van der Waals surface area contributed by atoms with Gasteiger partial charge in [0.2, 0.25) is 23.8 Å². The van der Waals surface area contributed by atoms with Crippen LogP contribution in [0.25, 0.3) is 22.8 Å². The molecule has 5 fully saturated rings. The van der Waals surface area contributed by atoms with Crippen LogP contribution < -0.4 is 40.3 Å². The molecule has 82 heavy (non-hydrogen) atoms. The minimum Gasteiger partial charge on any atom is -0.378 e. The summed E-state index contributed by atoms with van der Waals surface area (Å²) in [5.41, 5.74) is 2.55. The van der Waals surface area contributed by atoms with E-state index in [0.717, 1.165) is 17.9 Å². The van der Waals surface area contributed by atoms with Crippen LogP contribution in [0.3, 0.4) is 0 Å². The topological polar surface area (TPSA) is 259 Å². The third-order valence-corrected chi connectivity index (χ3v) is 14.9. The molecule has 0 radical (unpaired) electrons. The number of hydrogen-bond donors (Lipinski definition) is 2. The Hall–Kier alpha value is -8.69. The first-order valence-electron chi connectivity index (χ1n) is 27.6. The van der Waals surface area contributed by atoms with Crippen molar-refractivity contribution >= 4 is 70.2 Å². The first-order valence-corrected chi connectivity index (χ1v) is 27.6. The molecule has 2 aromatic heterocycles. The number of urea groups is 2. The van der Waals surface area contributed by atoms with Crippen molar-refractivity contribution in [3.8, 4) is 22.8 Å². The summed E-state index contributed by atoms with van der Waals surface area (Å²) in [6, 6.07) is 24.6. The molecule has 0 atom stereocenters. The molecule has 0 saturated carbocycles. The van der Waals surface area contributed by atoms with Crippen LogP contribution >= 0.6 is 0 Å². The number of likely N-dealkylation sites (tertiary alicyclic amines) is 1. The number of morpholine rings is 4. The van der Waals surface area contributed by atoms with Gasteiger partial charge in [-0.1, -0.05) is 0 Å². The Balaban J connectivity index is 0.952. The van der Waals surface area contributed by atoms with Crippen LogP contribution in [-0.2, 0) is 18.9 Å². The quantitative estimate of drug-likeness (QED) is 0.107. The molecule has 6 aromatic rings. The minimum atomic E-state index is -0.803. The van der Waals surface area contributed by atoms with E-state index in [-0.39, 0.29) is 28.7 Å². The number of nitro benzene ring substituents is 1. The highest BCUT2D eigenvalue weighted by Crippen LogP contribution is 2.32. The van der Waals surface area contributed by atoms with Gasteiger partial charge in [0.1, 0.15) is 0 Å². The fraction of sp³-hybridized carbons (Fsp3) is 0.411. The molecule has 2 N–H and O–H groups in total. The van der Waals surface area contributed by atoms with E-state index in [1.165, 1.54) is 29.3 Å². The number of anilines is 8. The zero-order chi connectivity index (χ0) is 56.5. The highest BCUT2D eigenvalue weighted by atomic mass is 16.6. The van der Waals surface area contributed by atoms with Gasteiger partial charge >= 0.3 is 12.1 Å². The van der Waals surface area contributed by atoms with Crippen LogP contribution in [0, 0.1) is 10.1 Å². The summed E-state index contributed by atoms with van der Waals surface area (Å²) in [4.78, 5) is 97.3. The molecule has 0 unspecified atom stereocenters. The summed E-state index contributed by atoms with van der Waals surface area (Å²) in [7, 11) is 4.09. The van der Waals surface area contributed by atoms with Gasteiger partial charge < -0.3 is 59.0 Å². The van der Waals surface area contributed by atoms with Gasteiger partial charge in [-0.2, -0.15) is 39.9 Å². The van der Waals surface area contributed by atoms with Gasteiger partial charge in [-0.25, -0.2) is 9.59 Å². The van der Waals surface area contributed by atoms with Crippen LogP contribution in [0.2, 0.25) is 0 Å².